The summed E-state index contributed by atoms with van der Waals surface area (Å²) in [5.74, 6) is -0.383. The molecule has 5 heteroatoms. The lowest BCUT2D eigenvalue weighted by Gasteiger charge is -2.18. The van der Waals surface area contributed by atoms with Crippen LogP contribution in [0.4, 0.5) is 0 Å². The van der Waals surface area contributed by atoms with E-state index in [1.165, 1.54) is 0 Å². The topological polar surface area (TPSA) is 64.4 Å². The molecule has 2 aromatic rings. The number of rotatable bonds is 3. The first-order chi connectivity index (χ1) is 9.74. The van der Waals surface area contributed by atoms with Crippen molar-refractivity contribution in [1.29, 1.82) is 0 Å². The highest BCUT2D eigenvalue weighted by atomic mass is 16.5. The van der Waals surface area contributed by atoms with Gasteiger partial charge in [-0.05, 0) is 39.8 Å². The van der Waals surface area contributed by atoms with Crippen LogP contribution < -0.4 is 4.74 Å². The van der Waals surface area contributed by atoms with Gasteiger partial charge >= 0.3 is 5.97 Å². The van der Waals surface area contributed by atoms with Gasteiger partial charge in [0.2, 0.25) is 0 Å². The number of aryl methyl sites for hydroxylation is 1. The van der Waals surface area contributed by atoms with Crippen LogP contribution in [0.5, 0.6) is 5.75 Å². The molecule has 0 saturated heterocycles. The van der Waals surface area contributed by atoms with Crippen LogP contribution in [0.25, 0.3) is 11.3 Å². The molecule has 0 spiro atoms. The molecule has 0 radical (unpaired) electrons. The smallest absolute Gasteiger partial charge is 0.339 e. The van der Waals surface area contributed by atoms with Crippen molar-refractivity contribution in [3.63, 3.8) is 0 Å². The predicted molar refractivity (Wildman–Crippen MR) is 80.9 cm³/mol. The Kier molecular flexibility index (Phi) is 3.77. The quantitative estimate of drug-likeness (QED) is 0.941. The van der Waals surface area contributed by atoms with Crippen LogP contribution in [-0.4, -0.2) is 28.0 Å². The molecule has 1 aromatic carbocycles. The molecule has 0 amide bonds. The summed E-state index contributed by atoms with van der Waals surface area (Å²) in [5, 5.41) is 13.9. The Morgan fingerprint density at radius 3 is 2.52 bits per heavy atom. The number of aromatic carboxylic acids is 1. The molecule has 0 aliphatic carbocycles. The fourth-order valence-corrected chi connectivity index (χ4v) is 2.08. The molecule has 0 aliphatic rings. The lowest BCUT2D eigenvalue weighted by Crippen LogP contribution is -2.22. The predicted octanol–water partition coefficient (Wildman–Crippen LogP) is 3.32. The van der Waals surface area contributed by atoms with Gasteiger partial charge < -0.3 is 9.84 Å². The summed E-state index contributed by atoms with van der Waals surface area (Å²) in [6.45, 7) is 7.87. The van der Waals surface area contributed by atoms with Gasteiger partial charge in [0.15, 0.2) is 0 Å². The van der Waals surface area contributed by atoms with Crippen molar-refractivity contribution < 1.29 is 14.6 Å². The standard InChI is InChI=1S/C16H20N2O3/c1-10-6-7-13(21-5)11(8-10)14-12(15(19)20)9-18(17-14)16(2,3)4/h6-9H,1-5H3,(H,19,20). The number of aromatic nitrogens is 2. The molecule has 1 N–H and O–H groups in total. The highest BCUT2D eigenvalue weighted by Gasteiger charge is 2.24. The third-order valence-electron chi connectivity index (χ3n) is 3.24. The highest BCUT2D eigenvalue weighted by Crippen LogP contribution is 2.33. The first kappa shape index (κ1) is 15.1. The molecule has 0 saturated carbocycles. The molecule has 0 atom stereocenters. The van der Waals surface area contributed by atoms with Crippen molar-refractivity contribution in [3.8, 4) is 17.0 Å². The van der Waals surface area contributed by atoms with E-state index in [2.05, 4.69) is 5.10 Å². The Bertz CT molecular complexity index is 681. The Balaban J connectivity index is 2.71. The molecule has 0 fully saturated rings. The van der Waals surface area contributed by atoms with E-state index in [9.17, 15) is 9.90 Å². The minimum Gasteiger partial charge on any atom is -0.496 e. The lowest BCUT2D eigenvalue weighted by atomic mass is 10.0. The second-order valence-electron chi connectivity index (χ2n) is 6.02. The second-order valence-corrected chi connectivity index (χ2v) is 6.02. The number of carbonyl (C=O) groups is 1. The summed E-state index contributed by atoms with van der Waals surface area (Å²) in [7, 11) is 1.56. The maximum absolute atomic E-state index is 11.5. The monoisotopic (exact) mass is 288 g/mol. The Labute approximate surface area is 124 Å². The number of ether oxygens (including phenoxy) is 1. The fraction of sp³-hybridized carbons (Fsp3) is 0.375. The van der Waals surface area contributed by atoms with Crippen molar-refractivity contribution in [2.24, 2.45) is 0 Å². The van der Waals surface area contributed by atoms with Crippen molar-refractivity contribution in [1.82, 2.24) is 9.78 Å². The number of benzene rings is 1. The summed E-state index contributed by atoms with van der Waals surface area (Å²) in [6, 6.07) is 5.64. The van der Waals surface area contributed by atoms with Crippen molar-refractivity contribution in [3.05, 3.63) is 35.5 Å². The number of nitrogens with zero attached hydrogens (tertiary/aromatic N) is 2. The number of carboxylic acid groups (broad SMARTS) is 1. The second kappa shape index (κ2) is 5.24. The number of carboxylic acids is 1. The number of hydrogen-bond acceptors (Lipinski definition) is 3. The van der Waals surface area contributed by atoms with E-state index >= 15 is 0 Å². The van der Waals surface area contributed by atoms with Crippen LogP contribution in [0.15, 0.2) is 24.4 Å². The van der Waals surface area contributed by atoms with Gasteiger partial charge in [-0.2, -0.15) is 5.10 Å². The summed E-state index contributed by atoms with van der Waals surface area (Å²) < 4.78 is 7.02. The first-order valence-electron chi connectivity index (χ1n) is 6.72. The van der Waals surface area contributed by atoms with Gasteiger partial charge in [-0.3, -0.25) is 4.68 Å². The average Bonchev–Trinajstić information content (AvgIpc) is 2.83. The van der Waals surface area contributed by atoms with Gasteiger partial charge in [0, 0.05) is 11.8 Å². The van der Waals surface area contributed by atoms with E-state index in [-0.39, 0.29) is 11.1 Å². The van der Waals surface area contributed by atoms with Crippen molar-refractivity contribution in [2.75, 3.05) is 7.11 Å². The Hall–Kier alpha value is -2.30. The fourth-order valence-electron chi connectivity index (χ4n) is 2.08. The molecule has 0 bridgehead atoms. The van der Waals surface area contributed by atoms with Crippen LogP contribution in [-0.2, 0) is 5.54 Å². The number of hydrogen-bond donors (Lipinski definition) is 1. The Morgan fingerprint density at radius 2 is 2.00 bits per heavy atom. The van der Waals surface area contributed by atoms with E-state index in [0.29, 0.717) is 17.0 Å². The molecule has 21 heavy (non-hydrogen) atoms. The molecule has 0 aliphatic heterocycles. The summed E-state index contributed by atoms with van der Waals surface area (Å²) in [5.41, 5.74) is 2.02. The minimum absolute atomic E-state index is 0.175. The molecule has 112 valence electrons. The van der Waals surface area contributed by atoms with Gasteiger partial charge in [-0.25, -0.2) is 4.79 Å². The molecule has 2 rings (SSSR count). The zero-order valence-electron chi connectivity index (χ0n) is 13.0. The van der Waals surface area contributed by atoms with Gasteiger partial charge in [0.05, 0.1) is 12.6 Å². The maximum atomic E-state index is 11.5. The zero-order valence-corrected chi connectivity index (χ0v) is 13.0. The third kappa shape index (κ3) is 2.91. The lowest BCUT2D eigenvalue weighted by molar-refractivity contribution is 0.0697. The largest absolute Gasteiger partial charge is 0.496 e. The van der Waals surface area contributed by atoms with Gasteiger partial charge in [0.1, 0.15) is 17.0 Å². The van der Waals surface area contributed by atoms with Gasteiger partial charge in [-0.15, -0.1) is 0 Å². The van der Waals surface area contributed by atoms with E-state index in [1.807, 2.05) is 45.9 Å². The van der Waals surface area contributed by atoms with E-state index in [0.717, 1.165) is 5.56 Å². The van der Waals surface area contributed by atoms with Crippen LogP contribution in [0.2, 0.25) is 0 Å². The summed E-state index contributed by atoms with van der Waals surface area (Å²) >= 11 is 0. The number of methoxy groups -OCH3 is 1. The summed E-state index contributed by atoms with van der Waals surface area (Å²) in [4.78, 5) is 11.5. The highest BCUT2D eigenvalue weighted by molar-refractivity contribution is 5.95. The van der Waals surface area contributed by atoms with Gasteiger partial charge in [0.25, 0.3) is 0 Å². The summed E-state index contributed by atoms with van der Waals surface area (Å²) in [6.07, 6.45) is 1.57. The van der Waals surface area contributed by atoms with Crippen LogP contribution in [0.3, 0.4) is 0 Å². The van der Waals surface area contributed by atoms with Crippen LogP contribution in [0, 0.1) is 6.92 Å². The van der Waals surface area contributed by atoms with Crippen LogP contribution >= 0.6 is 0 Å². The average molecular weight is 288 g/mol. The van der Waals surface area contributed by atoms with E-state index in [4.69, 9.17) is 4.74 Å². The van der Waals surface area contributed by atoms with Gasteiger partial charge in [-0.1, -0.05) is 11.6 Å². The molecular weight excluding hydrogens is 268 g/mol. The van der Waals surface area contributed by atoms with Crippen molar-refractivity contribution in [2.45, 2.75) is 33.2 Å². The molecule has 1 heterocycles. The van der Waals surface area contributed by atoms with E-state index in [1.54, 1.807) is 18.0 Å². The SMILES string of the molecule is COc1ccc(C)cc1-c1nn(C(C)(C)C)cc1C(=O)O. The zero-order chi connectivity index (χ0) is 15.8. The third-order valence-corrected chi connectivity index (χ3v) is 3.24. The minimum atomic E-state index is -0.996. The van der Waals surface area contributed by atoms with E-state index < -0.39 is 5.97 Å². The molecule has 1 aromatic heterocycles. The maximum Gasteiger partial charge on any atom is 0.339 e. The first-order valence-corrected chi connectivity index (χ1v) is 6.72. The molecule has 5 nitrogen and oxygen atoms in total. The van der Waals surface area contributed by atoms with Crippen molar-refractivity contribution >= 4 is 5.97 Å². The normalized spacial score (nSPS) is 11.5. The molecule has 0 unspecified atom stereocenters. The van der Waals surface area contributed by atoms with Crippen LogP contribution in [0.1, 0.15) is 36.7 Å². The Morgan fingerprint density at radius 1 is 1.33 bits per heavy atom. The molecular formula is C16H20N2O3.